The first-order chi connectivity index (χ1) is 9.94. The number of carbonyl (C=O) groups excluding carboxylic acids is 1. The molecule has 0 bridgehead atoms. The van der Waals surface area contributed by atoms with Gasteiger partial charge < -0.3 is 15.2 Å². The molecule has 0 radical (unpaired) electrons. The molecule has 0 aromatic carbocycles. The summed E-state index contributed by atoms with van der Waals surface area (Å²) in [5.41, 5.74) is -0.585. The smallest absolute Gasteiger partial charge is 0.407 e. The number of nitrogens with zero attached hydrogens (tertiary/aromatic N) is 1. The van der Waals surface area contributed by atoms with Crippen molar-refractivity contribution in [2.24, 2.45) is 0 Å². The number of carboxylic acid groups (broad SMARTS) is 1. The molecule has 10 heteroatoms. The lowest BCUT2D eigenvalue weighted by molar-refractivity contribution is -0.137. The van der Waals surface area contributed by atoms with E-state index in [9.17, 15) is 18.0 Å². The molecule has 3 N–H and O–H groups in total. The number of alkyl carbamates (subject to hydrolysis) is 1. The van der Waals surface area contributed by atoms with Crippen LogP contribution in [0.25, 0.3) is 0 Å². The maximum Gasteiger partial charge on any atom is 0.407 e. The van der Waals surface area contributed by atoms with Crippen molar-refractivity contribution in [1.29, 1.82) is 0 Å². The molecule has 0 heterocycles. The van der Waals surface area contributed by atoms with E-state index in [0.29, 0.717) is 6.42 Å². The summed E-state index contributed by atoms with van der Waals surface area (Å²) in [5, 5.41) is 11.0. The Balaban J connectivity index is 3.95. The second-order valence-electron chi connectivity index (χ2n) is 5.65. The molecule has 1 amide bonds. The van der Waals surface area contributed by atoms with Crippen molar-refractivity contribution >= 4 is 22.3 Å². The van der Waals surface area contributed by atoms with Gasteiger partial charge in [-0.3, -0.25) is 4.79 Å². The fraction of sp³-hybridized carbons (Fsp3) is 0.833. The van der Waals surface area contributed by atoms with Crippen LogP contribution in [0.3, 0.4) is 0 Å². The van der Waals surface area contributed by atoms with Gasteiger partial charge in [-0.05, 0) is 27.2 Å². The van der Waals surface area contributed by atoms with E-state index in [0.717, 1.165) is 4.31 Å². The summed E-state index contributed by atoms with van der Waals surface area (Å²) in [6.45, 7) is 5.50. The van der Waals surface area contributed by atoms with Crippen LogP contribution in [0.5, 0.6) is 0 Å². The van der Waals surface area contributed by atoms with Gasteiger partial charge in [0, 0.05) is 26.7 Å². The standard InChI is InChI=1S/C12H25N3O6S/c1-12(2,3)21-11(18)13-7-5-8-14-22(19,20)15(4)9-6-10(16)17/h14H,5-9H2,1-4H3,(H,13,18)(H,16,17). The van der Waals surface area contributed by atoms with Gasteiger partial charge in [-0.2, -0.15) is 12.7 Å². The average molecular weight is 339 g/mol. The first-order valence-corrected chi connectivity index (χ1v) is 8.27. The maximum atomic E-state index is 11.7. The van der Waals surface area contributed by atoms with Crippen LogP contribution in [0.2, 0.25) is 0 Å². The van der Waals surface area contributed by atoms with Crippen molar-refractivity contribution in [3.05, 3.63) is 0 Å². The van der Waals surface area contributed by atoms with Crippen LogP contribution >= 0.6 is 0 Å². The number of nitrogens with one attached hydrogen (secondary N) is 2. The summed E-state index contributed by atoms with van der Waals surface area (Å²) in [4.78, 5) is 21.7. The zero-order valence-electron chi connectivity index (χ0n) is 13.4. The lowest BCUT2D eigenvalue weighted by Crippen LogP contribution is -2.40. The molecule has 130 valence electrons. The largest absolute Gasteiger partial charge is 0.481 e. The van der Waals surface area contributed by atoms with Gasteiger partial charge in [-0.25, -0.2) is 9.52 Å². The van der Waals surface area contributed by atoms with E-state index in [1.165, 1.54) is 7.05 Å². The molecule has 0 saturated carbocycles. The molecular weight excluding hydrogens is 314 g/mol. The Kier molecular flexibility index (Phi) is 8.35. The van der Waals surface area contributed by atoms with E-state index in [1.807, 2.05) is 0 Å². The van der Waals surface area contributed by atoms with Crippen molar-refractivity contribution < 1.29 is 27.9 Å². The van der Waals surface area contributed by atoms with Crippen LogP contribution in [-0.4, -0.2) is 62.2 Å². The highest BCUT2D eigenvalue weighted by atomic mass is 32.2. The second kappa shape index (κ2) is 8.91. The fourth-order valence-corrected chi connectivity index (χ4v) is 2.23. The Morgan fingerprint density at radius 1 is 1.23 bits per heavy atom. The molecule has 0 aliphatic rings. The molecule has 0 saturated heterocycles. The lowest BCUT2D eigenvalue weighted by atomic mass is 10.2. The number of hydrogen-bond donors (Lipinski definition) is 3. The number of carbonyl (C=O) groups is 2. The molecule has 0 atom stereocenters. The summed E-state index contributed by atoms with van der Waals surface area (Å²) in [6.07, 6.45) is -0.447. The van der Waals surface area contributed by atoms with Crippen LogP contribution in [0, 0.1) is 0 Å². The third-order valence-corrected chi connectivity index (χ3v) is 3.93. The lowest BCUT2D eigenvalue weighted by Gasteiger charge is -2.20. The zero-order chi connectivity index (χ0) is 17.4. The third-order valence-electron chi connectivity index (χ3n) is 2.36. The summed E-state index contributed by atoms with van der Waals surface area (Å²) < 4.78 is 31.8. The molecule has 9 nitrogen and oxygen atoms in total. The maximum absolute atomic E-state index is 11.7. The van der Waals surface area contributed by atoms with E-state index in [1.54, 1.807) is 20.8 Å². The normalized spacial score (nSPS) is 12.2. The number of ether oxygens (including phenoxy) is 1. The molecule has 0 spiro atoms. The van der Waals surface area contributed by atoms with Crippen molar-refractivity contribution in [3.63, 3.8) is 0 Å². The quantitative estimate of drug-likeness (QED) is 0.513. The minimum absolute atomic E-state index is 0.110. The zero-order valence-corrected chi connectivity index (χ0v) is 14.2. The van der Waals surface area contributed by atoms with E-state index in [4.69, 9.17) is 9.84 Å². The monoisotopic (exact) mass is 339 g/mol. The number of carboxylic acids is 1. The highest BCUT2D eigenvalue weighted by molar-refractivity contribution is 7.87. The summed E-state index contributed by atoms with van der Waals surface area (Å²) in [6, 6.07) is 0. The van der Waals surface area contributed by atoms with Gasteiger partial charge in [0.05, 0.1) is 6.42 Å². The molecule has 0 unspecified atom stereocenters. The number of aliphatic carboxylic acids is 1. The van der Waals surface area contributed by atoms with Gasteiger partial charge in [-0.15, -0.1) is 0 Å². The topological polar surface area (TPSA) is 125 Å². The van der Waals surface area contributed by atoms with Gasteiger partial charge in [0.15, 0.2) is 0 Å². The van der Waals surface area contributed by atoms with Crippen LogP contribution in [0.15, 0.2) is 0 Å². The van der Waals surface area contributed by atoms with E-state index < -0.39 is 27.9 Å². The molecule has 0 fully saturated rings. The number of rotatable bonds is 9. The van der Waals surface area contributed by atoms with Gasteiger partial charge in [0.2, 0.25) is 0 Å². The molecule has 0 aliphatic heterocycles. The number of amides is 1. The highest BCUT2D eigenvalue weighted by Crippen LogP contribution is 2.06. The first kappa shape index (κ1) is 20.6. The van der Waals surface area contributed by atoms with Crippen LogP contribution in [-0.2, 0) is 19.7 Å². The Hall–Kier alpha value is -1.39. The Morgan fingerprint density at radius 2 is 1.82 bits per heavy atom. The van der Waals surface area contributed by atoms with Crippen molar-refractivity contribution in [2.75, 3.05) is 26.7 Å². The van der Waals surface area contributed by atoms with Crippen molar-refractivity contribution in [2.45, 2.75) is 39.2 Å². The van der Waals surface area contributed by atoms with Gasteiger partial charge >= 0.3 is 12.1 Å². The molecule has 0 aromatic rings. The molecule has 22 heavy (non-hydrogen) atoms. The average Bonchev–Trinajstić information content (AvgIpc) is 2.32. The Morgan fingerprint density at radius 3 is 2.32 bits per heavy atom. The van der Waals surface area contributed by atoms with Gasteiger partial charge in [0.25, 0.3) is 10.2 Å². The summed E-state index contributed by atoms with van der Waals surface area (Å²) >= 11 is 0. The molecular formula is C12H25N3O6S. The fourth-order valence-electron chi connectivity index (χ4n) is 1.28. The predicted octanol–water partition coefficient (Wildman–Crippen LogP) is 0.142. The highest BCUT2D eigenvalue weighted by Gasteiger charge is 2.18. The molecule has 0 aromatic heterocycles. The minimum atomic E-state index is -3.71. The summed E-state index contributed by atoms with van der Waals surface area (Å²) in [5.74, 6) is -1.07. The third kappa shape index (κ3) is 10.4. The first-order valence-electron chi connectivity index (χ1n) is 6.83. The Bertz CT molecular complexity index is 472. The minimum Gasteiger partial charge on any atom is -0.481 e. The SMILES string of the molecule is CN(CCC(=O)O)S(=O)(=O)NCCCNC(=O)OC(C)(C)C. The van der Waals surface area contributed by atoms with Crippen LogP contribution in [0.4, 0.5) is 4.79 Å². The van der Waals surface area contributed by atoms with E-state index >= 15 is 0 Å². The predicted molar refractivity (Wildman–Crippen MR) is 80.7 cm³/mol. The Labute approximate surface area is 131 Å². The van der Waals surface area contributed by atoms with Gasteiger partial charge in [0.1, 0.15) is 5.60 Å². The second-order valence-corrected chi connectivity index (χ2v) is 7.51. The van der Waals surface area contributed by atoms with Crippen LogP contribution in [0.1, 0.15) is 33.6 Å². The van der Waals surface area contributed by atoms with Gasteiger partial charge in [-0.1, -0.05) is 0 Å². The van der Waals surface area contributed by atoms with E-state index in [-0.39, 0.29) is 26.1 Å². The summed E-state index contributed by atoms with van der Waals surface area (Å²) in [7, 11) is -2.41. The van der Waals surface area contributed by atoms with Crippen molar-refractivity contribution in [1.82, 2.24) is 14.3 Å². The molecule has 0 aliphatic carbocycles. The molecule has 0 rings (SSSR count). The van der Waals surface area contributed by atoms with Crippen molar-refractivity contribution in [3.8, 4) is 0 Å². The van der Waals surface area contributed by atoms with E-state index in [2.05, 4.69) is 10.0 Å². The van der Waals surface area contributed by atoms with Crippen LogP contribution < -0.4 is 10.0 Å². The number of hydrogen-bond acceptors (Lipinski definition) is 5.